The number of H-pyrrole nitrogens is 2. The van der Waals surface area contributed by atoms with Gasteiger partial charge in [-0.25, -0.2) is 9.59 Å². The van der Waals surface area contributed by atoms with Crippen LogP contribution in [0, 0.1) is 13.8 Å². The van der Waals surface area contributed by atoms with Gasteiger partial charge in [-0.15, -0.1) is 0 Å². The summed E-state index contributed by atoms with van der Waals surface area (Å²) in [6, 6.07) is 0. The smallest absolute Gasteiger partial charge is 0.330 e. The van der Waals surface area contributed by atoms with Crippen molar-refractivity contribution in [3.05, 3.63) is 65.2 Å². The summed E-state index contributed by atoms with van der Waals surface area (Å²) in [7, 11) is -3.16. The summed E-state index contributed by atoms with van der Waals surface area (Å²) in [4.78, 5) is 76.4. The average molecular weight is 627 g/mol. The fraction of sp³-hybridized carbons (Fsp3) is 0.615. The molecule has 2 saturated heterocycles. The highest BCUT2D eigenvalue weighted by Gasteiger charge is 2.41. The molecule has 0 aliphatic carbocycles. The Morgan fingerprint density at radius 1 is 0.907 bits per heavy atom. The zero-order chi connectivity index (χ0) is 31.4. The topological polar surface area (TPSA) is 207 Å². The van der Waals surface area contributed by atoms with E-state index in [-0.39, 0.29) is 43.6 Å². The van der Waals surface area contributed by atoms with E-state index in [2.05, 4.69) is 9.97 Å². The Kier molecular flexibility index (Phi) is 10.5. The number of carbonyl (C=O) groups excluding carboxylic acids is 2. The lowest BCUT2D eigenvalue weighted by molar-refractivity contribution is -0.153. The molecule has 17 heteroatoms. The van der Waals surface area contributed by atoms with Crippen LogP contribution in [0.1, 0.15) is 69.5 Å². The van der Waals surface area contributed by atoms with Gasteiger partial charge >= 0.3 is 25.6 Å². The normalized spacial score (nSPS) is 26.0. The molecule has 3 unspecified atom stereocenters. The first-order valence-electron chi connectivity index (χ1n) is 13.8. The monoisotopic (exact) mass is 626 g/mol. The van der Waals surface area contributed by atoms with E-state index in [1.165, 1.54) is 30.8 Å². The standard InChI is InChI=1S/C26H35N4O12P/c1-5-16-18(9-21(39-16)30-11-14(3)24(34)28-26(30)36)42-43(37)38-12-19-17(41-22(32)7-6-15(4)31)8-20(40-19)29-10-13(2)23(33)27-25(29)35/h10-11,16-21,43H,5-9,12H2,1-4H3,(H,27,33,35)(H,28,34,36)/t16-,17?,18?,19-,20-,21-/m1/s1. The molecule has 0 saturated carbocycles. The molecule has 0 spiro atoms. The van der Waals surface area contributed by atoms with Crippen molar-refractivity contribution in [3.63, 3.8) is 0 Å². The quantitative estimate of drug-likeness (QED) is 0.247. The van der Waals surface area contributed by atoms with Crippen LogP contribution in [0.25, 0.3) is 0 Å². The molecular formula is C26H35N4O12P. The molecule has 2 fully saturated rings. The first kappa shape index (κ1) is 32.5. The van der Waals surface area contributed by atoms with Crippen molar-refractivity contribution in [2.75, 3.05) is 6.61 Å². The zero-order valence-electron chi connectivity index (χ0n) is 24.2. The lowest BCUT2D eigenvalue weighted by Crippen LogP contribution is -2.33. The lowest BCUT2D eigenvalue weighted by Gasteiger charge is -2.20. The largest absolute Gasteiger partial charge is 0.459 e. The van der Waals surface area contributed by atoms with E-state index < -0.39 is 73.6 Å². The third-order valence-electron chi connectivity index (χ3n) is 7.25. The summed E-state index contributed by atoms with van der Waals surface area (Å²) < 4.78 is 43.9. The summed E-state index contributed by atoms with van der Waals surface area (Å²) in [6.45, 7) is 5.92. The second kappa shape index (κ2) is 13.9. The van der Waals surface area contributed by atoms with E-state index in [1.807, 2.05) is 6.92 Å². The van der Waals surface area contributed by atoms with Gasteiger partial charge in [-0.05, 0) is 27.2 Å². The SMILES string of the molecule is CC[C@H]1O[C@@H](n2cc(C)c(=O)[nH]c2=O)CC1O[PH](=O)OC[C@H]1O[C@@H](n2cc(C)c(=O)[nH]c2=O)CC1OC(=O)CCC(C)=O. The van der Waals surface area contributed by atoms with E-state index in [9.17, 15) is 33.3 Å². The molecule has 4 rings (SSSR count). The summed E-state index contributed by atoms with van der Waals surface area (Å²) in [5.74, 6) is -0.844. The number of rotatable bonds is 12. The van der Waals surface area contributed by atoms with Crippen LogP contribution in [-0.4, -0.2) is 61.9 Å². The number of hydrogen-bond acceptors (Lipinski definition) is 12. The van der Waals surface area contributed by atoms with Gasteiger partial charge in [0.05, 0.1) is 25.2 Å². The van der Waals surface area contributed by atoms with Crippen LogP contribution < -0.4 is 22.5 Å². The van der Waals surface area contributed by atoms with E-state index in [4.69, 9.17) is 23.3 Å². The van der Waals surface area contributed by atoms with E-state index in [0.717, 1.165) is 4.57 Å². The maximum absolute atomic E-state index is 12.9. The van der Waals surface area contributed by atoms with Crippen LogP contribution in [-0.2, 0) is 37.4 Å². The molecule has 0 amide bonds. The Morgan fingerprint density at radius 3 is 1.98 bits per heavy atom. The Labute approximate surface area is 245 Å². The maximum Gasteiger partial charge on any atom is 0.330 e. The molecule has 0 bridgehead atoms. The summed E-state index contributed by atoms with van der Waals surface area (Å²) in [5, 5.41) is 0. The predicted octanol–water partition coefficient (Wildman–Crippen LogP) is 0.761. The van der Waals surface area contributed by atoms with Crippen molar-refractivity contribution in [2.24, 2.45) is 0 Å². The van der Waals surface area contributed by atoms with E-state index in [1.54, 1.807) is 6.92 Å². The maximum atomic E-state index is 12.9. The molecule has 43 heavy (non-hydrogen) atoms. The molecular weight excluding hydrogens is 591 g/mol. The third-order valence-corrected chi connectivity index (χ3v) is 8.15. The zero-order valence-corrected chi connectivity index (χ0v) is 25.2. The molecule has 0 radical (unpaired) electrons. The van der Waals surface area contributed by atoms with Crippen LogP contribution >= 0.6 is 8.25 Å². The number of aromatic amines is 2. The van der Waals surface area contributed by atoms with Crippen molar-refractivity contribution in [1.29, 1.82) is 0 Å². The molecule has 2 N–H and O–H groups in total. The highest BCUT2D eigenvalue weighted by molar-refractivity contribution is 7.33. The van der Waals surface area contributed by atoms with Gasteiger partial charge in [0, 0.05) is 42.8 Å². The number of esters is 1. The number of aryl methyl sites for hydroxylation is 2. The van der Waals surface area contributed by atoms with Gasteiger partial charge in [0.1, 0.15) is 30.4 Å². The molecule has 2 aromatic heterocycles. The number of carbonyl (C=O) groups is 2. The van der Waals surface area contributed by atoms with E-state index in [0.29, 0.717) is 12.0 Å². The van der Waals surface area contributed by atoms with E-state index >= 15 is 0 Å². The lowest BCUT2D eigenvalue weighted by atomic mass is 10.1. The molecule has 7 atom stereocenters. The number of Topliss-reactive ketones (excluding diaryl/α,β-unsaturated/α-hetero) is 1. The van der Waals surface area contributed by atoms with Gasteiger partial charge in [-0.1, -0.05) is 6.92 Å². The number of ether oxygens (including phenoxy) is 3. The fourth-order valence-electron chi connectivity index (χ4n) is 4.92. The minimum Gasteiger partial charge on any atom is -0.459 e. The van der Waals surface area contributed by atoms with Gasteiger partial charge in [-0.3, -0.25) is 38.1 Å². The minimum atomic E-state index is -3.16. The van der Waals surface area contributed by atoms with Gasteiger partial charge in [-0.2, -0.15) is 0 Å². The minimum absolute atomic E-state index is 0.00900. The summed E-state index contributed by atoms with van der Waals surface area (Å²) in [6.07, 6.45) is -1.56. The fourth-order valence-corrected chi connectivity index (χ4v) is 5.78. The van der Waals surface area contributed by atoms with Crippen molar-refractivity contribution >= 4 is 20.0 Å². The second-order valence-corrected chi connectivity index (χ2v) is 11.6. The van der Waals surface area contributed by atoms with Crippen LogP contribution in [0.2, 0.25) is 0 Å². The van der Waals surface area contributed by atoms with Gasteiger partial charge in [0.2, 0.25) is 0 Å². The van der Waals surface area contributed by atoms with Gasteiger partial charge in [0.25, 0.3) is 11.1 Å². The molecule has 4 heterocycles. The molecule has 16 nitrogen and oxygen atoms in total. The first-order chi connectivity index (χ1) is 20.4. The van der Waals surface area contributed by atoms with Crippen LogP contribution in [0.3, 0.4) is 0 Å². The molecule has 2 aromatic rings. The number of aromatic nitrogens is 4. The Hall–Kier alpha value is -3.43. The summed E-state index contributed by atoms with van der Waals surface area (Å²) in [5.41, 5.74) is -1.84. The number of nitrogens with zero attached hydrogens (tertiary/aromatic N) is 2. The second-order valence-electron chi connectivity index (χ2n) is 10.5. The van der Waals surface area contributed by atoms with Gasteiger partial charge < -0.3 is 28.1 Å². The average Bonchev–Trinajstić information content (AvgIpc) is 3.53. The van der Waals surface area contributed by atoms with Crippen molar-refractivity contribution in [3.8, 4) is 0 Å². The number of nitrogens with one attached hydrogen (secondary N) is 2. The highest BCUT2D eigenvalue weighted by atomic mass is 31.1. The molecule has 2 aliphatic heterocycles. The first-order valence-corrected chi connectivity index (χ1v) is 15.1. The molecule has 2 aliphatic rings. The predicted molar refractivity (Wildman–Crippen MR) is 149 cm³/mol. The highest BCUT2D eigenvalue weighted by Crippen LogP contribution is 2.39. The number of ketones is 1. The van der Waals surface area contributed by atoms with Crippen molar-refractivity contribution in [1.82, 2.24) is 19.1 Å². The molecule has 0 aromatic carbocycles. The Balaban J connectivity index is 1.42. The molecule has 236 valence electrons. The Bertz CT molecular complexity index is 1610. The third kappa shape index (κ3) is 7.95. The Morgan fingerprint density at radius 2 is 1.44 bits per heavy atom. The number of hydrogen-bond donors (Lipinski definition) is 2. The van der Waals surface area contributed by atoms with Crippen molar-refractivity contribution in [2.45, 2.75) is 96.7 Å². The van der Waals surface area contributed by atoms with Crippen LogP contribution in [0.15, 0.2) is 31.6 Å². The van der Waals surface area contributed by atoms with Crippen LogP contribution in [0.4, 0.5) is 0 Å². The summed E-state index contributed by atoms with van der Waals surface area (Å²) >= 11 is 0. The van der Waals surface area contributed by atoms with Crippen LogP contribution in [0.5, 0.6) is 0 Å². The van der Waals surface area contributed by atoms with Crippen molar-refractivity contribution < 1.29 is 37.4 Å². The van der Waals surface area contributed by atoms with Gasteiger partial charge in [0.15, 0.2) is 0 Å².